The summed E-state index contributed by atoms with van der Waals surface area (Å²) >= 11 is 1.88. The molecule has 0 aliphatic heterocycles. The van der Waals surface area contributed by atoms with Gasteiger partial charge in [-0.1, -0.05) is 25.8 Å². The maximum atomic E-state index is 3.77. The highest BCUT2D eigenvalue weighted by molar-refractivity contribution is 7.09. The minimum absolute atomic E-state index is 0.757. The molecule has 114 valence electrons. The van der Waals surface area contributed by atoms with E-state index >= 15 is 0 Å². The first kappa shape index (κ1) is 16.0. The minimum atomic E-state index is 0.757. The summed E-state index contributed by atoms with van der Waals surface area (Å²) in [6, 6.07) is 5.17. The van der Waals surface area contributed by atoms with Crippen molar-refractivity contribution in [1.29, 1.82) is 0 Å². The van der Waals surface area contributed by atoms with E-state index in [9.17, 15) is 0 Å². The second-order valence-corrected chi connectivity index (χ2v) is 7.23. The van der Waals surface area contributed by atoms with Gasteiger partial charge in [-0.25, -0.2) is 0 Å². The molecule has 1 aromatic heterocycles. The van der Waals surface area contributed by atoms with Gasteiger partial charge in [-0.3, -0.25) is 0 Å². The van der Waals surface area contributed by atoms with E-state index in [1.54, 1.807) is 0 Å². The molecule has 3 heteroatoms. The van der Waals surface area contributed by atoms with Crippen LogP contribution in [-0.2, 0) is 6.42 Å². The molecule has 0 bridgehead atoms. The Bertz CT molecular complexity index is 350. The fraction of sp³-hybridized carbons (Fsp3) is 0.765. The Balaban J connectivity index is 1.74. The zero-order valence-corrected chi connectivity index (χ0v) is 13.9. The summed E-state index contributed by atoms with van der Waals surface area (Å²) in [7, 11) is 2.29. The largest absolute Gasteiger partial charge is 0.314 e. The average Bonchev–Trinajstić information content (AvgIpc) is 2.97. The molecule has 1 aliphatic carbocycles. The van der Waals surface area contributed by atoms with Crippen LogP contribution in [0.5, 0.6) is 0 Å². The Morgan fingerprint density at radius 1 is 1.35 bits per heavy atom. The molecular formula is C17H30N2S. The Morgan fingerprint density at radius 2 is 2.20 bits per heavy atom. The van der Waals surface area contributed by atoms with E-state index < -0.39 is 0 Å². The van der Waals surface area contributed by atoms with Crippen molar-refractivity contribution in [2.45, 2.75) is 51.5 Å². The monoisotopic (exact) mass is 294 g/mol. The van der Waals surface area contributed by atoms with Crippen molar-refractivity contribution in [2.24, 2.45) is 5.92 Å². The van der Waals surface area contributed by atoms with Gasteiger partial charge >= 0.3 is 0 Å². The highest BCUT2D eigenvalue weighted by Crippen LogP contribution is 2.25. The number of nitrogens with zero attached hydrogens (tertiary/aromatic N) is 1. The summed E-state index contributed by atoms with van der Waals surface area (Å²) in [5, 5.41) is 5.95. The molecule has 1 aliphatic rings. The zero-order valence-electron chi connectivity index (χ0n) is 13.1. The van der Waals surface area contributed by atoms with Gasteiger partial charge in [-0.2, -0.15) is 0 Å². The van der Waals surface area contributed by atoms with Crippen LogP contribution in [0.15, 0.2) is 17.5 Å². The number of nitrogens with one attached hydrogen (secondary N) is 1. The third-order valence-corrected chi connectivity index (χ3v) is 5.37. The van der Waals surface area contributed by atoms with E-state index in [0.717, 1.165) is 12.0 Å². The molecular weight excluding hydrogens is 264 g/mol. The second kappa shape index (κ2) is 8.81. The van der Waals surface area contributed by atoms with E-state index in [0.29, 0.717) is 0 Å². The van der Waals surface area contributed by atoms with Crippen LogP contribution in [0.25, 0.3) is 0 Å². The van der Waals surface area contributed by atoms with Gasteiger partial charge in [0.25, 0.3) is 0 Å². The maximum Gasteiger partial charge on any atom is 0.0107 e. The summed E-state index contributed by atoms with van der Waals surface area (Å²) in [6.45, 7) is 5.89. The van der Waals surface area contributed by atoms with Gasteiger partial charge in [0.05, 0.1) is 0 Å². The average molecular weight is 295 g/mol. The Hall–Kier alpha value is -0.380. The van der Waals surface area contributed by atoms with Crippen molar-refractivity contribution >= 4 is 11.3 Å². The van der Waals surface area contributed by atoms with Crippen molar-refractivity contribution in [2.75, 3.05) is 26.7 Å². The van der Waals surface area contributed by atoms with Crippen molar-refractivity contribution in [3.05, 3.63) is 22.4 Å². The van der Waals surface area contributed by atoms with E-state index in [1.165, 1.54) is 63.0 Å². The molecule has 2 nitrogen and oxygen atoms in total. The Morgan fingerprint density at radius 3 is 2.95 bits per heavy atom. The predicted octanol–water partition coefficient (Wildman–Crippen LogP) is 3.78. The number of hydrogen-bond acceptors (Lipinski definition) is 3. The van der Waals surface area contributed by atoms with Crippen LogP contribution < -0.4 is 5.32 Å². The standard InChI is InChI=1S/C17H30N2S/c1-3-11-18-17-9-5-4-7-15(17)14-19(2)12-10-16-8-6-13-20-16/h6,8,13,15,17-18H,3-5,7,9-12,14H2,1-2H3. The molecule has 1 aromatic rings. The van der Waals surface area contributed by atoms with Gasteiger partial charge < -0.3 is 10.2 Å². The van der Waals surface area contributed by atoms with E-state index in [1.807, 2.05) is 11.3 Å². The summed E-state index contributed by atoms with van der Waals surface area (Å²) in [6.07, 6.45) is 8.07. The first-order valence-electron chi connectivity index (χ1n) is 8.24. The first-order valence-corrected chi connectivity index (χ1v) is 9.12. The third-order valence-electron chi connectivity index (χ3n) is 4.43. The molecule has 1 heterocycles. The quantitative estimate of drug-likeness (QED) is 0.785. The van der Waals surface area contributed by atoms with Crippen LogP contribution in [0.1, 0.15) is 43.9 Å². The van der Waals surface area contributed by atoms with Crippen LogP contribution in [0.2, 0.25) is 0 Å². The summed E-state index contributed by atoms with van der Waals surface area (Å²) < 4.78 is 0. The Labute approximate surface area is 128 Å². The summed E-state index contributed by atoms with van der Waals surface area (Å²) in [5.41, 5.74) is 0. The lowest BCUT2D eigenvalue weighted by molar-refractivity contribution is 0.190. The van der Waals surface area contributed by atoms with Crippen LogP contribution in [0.4, 0.5) is 0 Å². The fourth-order valence-electron chi connectivity index (χ4n) is 3.27. The molecule has 2 atom stereocenters. The molecule has 2 unspecified atom stereocenters. The van der Waals surface area contributed by atoms with Crippen molar-refractivity contribution in [1.82, 2.24) is 10.2 Å². The summed E-state index contributed by atoms with van der Waals surface area (Å²) in [5.74, 6) is 0.851. The normalized spacial score (nSPS) is 23.4. The molecule has 20 heavy (non-hydrogen) atoms. The van der Waals surface area contributed by atoms with Crippen molar-refractivity contribution < 1.29 is 0 Å². The van der Waals surface area contributed by atoms with Crippen LogP contribution in [-0.4, -0.2) is 37.6 Å². The van der Waals surface area contributed by atoms with Gasteiger partial charge in [-0.05, 0) is 56.6 Å². The topological polar surface area (TPSA) is 15.3 Å². The van der Waals surface area contributed by atoms with E-state index in [4.69, 9.17) is 0 Å². The molecule has 1 fully saturated rings. The van der Waals surface area contributed by atoms with Crippen molar-refractivity contribution in [3.63, 3.8) is 0 Å². The van der Waals surface area contributed by atoms with Crippen LogP contribution in [0, 0.1) is 5.92 Å². The van der Waals surface area contributed by atoms with Gasteiger partial charge in [0.2, 0.25) is 0 Å². The predicted molar refractivity (Wildman–Crippen MR) is 89.6 cm³/mol. The van der Waals surface area contributed by atoms with Gasteiger partial charge in [0.1, 0.15) is 0 Å². The van der Waals surface area contributed by atoms with Crippen molar-refractivity contribution in [3.8, 4) is 0 Å². The maximum absolute atomic E-state index is 3.77. The van der Waals surface area contributed by atoms with E-state index in [-0.39, 0.29) is 0 Å². The smallest absolute Gasteiger partial charge is 0.0107 e. The van der Waals surface area contributed by atoms with E-state index in [2.05, 4.69) is 41.7 Å². The molecule has 2 rings (SSSR count). The molecule has 0 saturated heterocycles. The first-order chi connectivity index (χ1) is 9.79. The van der Waals surface area contributed by atoms with Crippen LogP contribution in [0.3, 0.4) is 0 Å². The highest BCUT2D eigenvalue weighted by Gasteiger charge is 2.25. The minimum Gasteiger partial charge on any atom is -0.314 e. The number of thiophene rings is 1. The molecule has 0 spiro atoms. The van der Waals surface area contributed by atoms with Gasteiger partial charge in [-0.15, -0.1) is 11.3 Å². The Kier molecular flexibility index (Phi) is 7.05. The lowest BCUT2D eigenvalue weighted by Crippen LogP contribution is -2.44. The molecule has 0 aromatic carbocycles. The highest BCUT2D eigenvalue weighted by atomic mass is 32.1. The molecule has 1 saturated carbocycles. The lowest BCUT2D eigenvalue weighted by atomic mass is 9.84. The zero-order chi connectivity index (χ0) is 14.2. The molecule has 0 amide bonds. The number of rotatable bonds is 8. The second-order valence-electron chi connectivity index (χ2n) is 6.20. The summed E-state index contributed by atoms with van der Waals surface area (Å²) in [4.78, 5) is 4.05. The van der Waals surface area contributed by atoms with Gasteiger partial charge in [0, 0.05) is 24.0 Å². The van der Waals surface area contributed by atoms with Gasteiger partial charge in [0.15, 0.2) is 0 Å². The third kappa shape index (κ3) is 5.19. The number of hydrogen-bond donors (Lipinski definition) is 1. The molecule has 0 radical (unpaired) electrons. The van der Waals surface area contributed by atoms with Crippen LogP contribution >= 0.6 is 11.3 Å². The SMILES string of the molecule is CCCNC1CCCCC1CN(C)CCc1cccs1. The number of likely N-dealkylation sites (N-methyl/N-ethyl adjacent to an activating group) is 1. The molecule has 1 N–H and O–H groups in total. The fourth-order valence-corrected chi connectivity index (χ4v) is 3.97. The lowest BCUT2D eigenvalue weighted by Gasteiger charge is -2.35.